The number of rotatable bonds is 6. The zero-order chi connectivity index (χ0) is 21.6. The first-order valence-electron chi connectivity index (χ1n) is 9.76. The van der Waals surface area contributed by atoms with Crippen LogP contribution < -0.4 is 9.47 Å². The van der Waals surface area contributed by atoms with Crippen molar-refractivity contribution < 1.29 is 23.8 Å². The van der Waals surface area contributed by atoms with Gasteiger partial charge in [-0.1, -0.05) is 42.5 Å². The van der Waals surface area contributed by atoms with Crippen molar-refractivity contribution in [3.8, 4) is 11.5 Å². The van der Waals surface area contributed by atoms with Gasteiger partial charge in [-0.2, -0.15) is 0 Å². The molecule has 6 nitrogen and oxygen atoms in total. The Morgan fingerprint density at radius 2 is 1.68 bits per heavy atom. The van der Waals surface area contributed by atoms with Crippen LogP contribution in [0.4, 0.5) is 0 Å². The van der Waals surface area contributed by atoms with Crippen molar-refractivity contribution >= 4 is 23.9 Å². The third-order valence-electron chi connectivity index (χ3n) is 4.42. The van der Waals surface area contributed by atoms with E-state index in [4.69, 9.17) is 14.2 Å². The maximum Gasteiger partial charge on any atom is 0.363 e. The topological polar surface area (TPSA) is 74.2 Å². The summed E-state index contributed by atoms with van der Waals surface area (Å²) in [7, 11) is 0. The second kappa shape index (κ2) is 9.09. The number of carbonyl (C=O) groups excluding carboxylic acids is 2. The average molecular weight is 413 g/mol. The van der Waals surface area contributed by atoms with E-state index in [2.05, 4.69) is 4.99 Å². The smallest absolute Gasteiger partial charge is 0.363 e. The number of hydrogen-bond donors (Lipinski definition) is 0. The highest BCUT2D eigenvalue weighted by Gasteiger charge is 2.24. The van der Waals surface area contributed by atoms with E-state index < -0.39 is 11.9 Å². The lowest BCUT2D eigenvalue weighted by molar-refractivity contribution is -0.129. The summed E-state index contributed by atoms with van der Waals surface area (Å²) in [5.41, 5.74) is 1.99. The van der Waals surface area contributed by atoms with Crippen LogP contribution in [0.1, 0.15) is 28.4 Å². The molecule has 0 atom stereocenters. The molecule has 0 unspecified atom stereocenters. The zero-order valence-electron chi connectivity index (χ0n) is 16.8. The van der Waals surface area contributed by atoms with Gasteiger partial charge in [0.25, 0.3) is 0 Å². The van der Waals surface area contributed by atoms with Gasteiger partial charge in [0, 0.05) is 5.56 Å². The van der Waals surface area contributed by atoms with Crippen molar-refractivity contribution in [3.05, 3.63) is 101 Å². The second-order valence-corrected chi connectivity index (χ2v) is 6.60. The maximum atomic E-state index is 12.4. The minimum absolute atomic E-state index is 0.176. The Bertz CT molecular complexity index is 1170. The lowest BCUT2D eigenvalue weighted by Gasteiger charge is -2.11. The molecule has 6 heteroatoms. The lowest BCUT2D eigenvalue weighted by atomic mass is 10.1. The largest absolute Gasteiger partial charge is 0.490 e. The van der Waals surface area contributed by atoms with E-state index in [0.717, 1.165) is 5.56 Å². The number of cyclic esters (lactones) is 1. The van der Waals surface area contributed by atoms with Crippen LogP contribution in [0.15, 0.2) is 89.6 Å². The van der Waals surface area contributed by atoms with Gasteiger partial charge in [-0.25, -0.2) is 14.6 Å². The summed E-state index contributed by atoms with van der Waals surface area (Å²) in [4.78, 5) is 28.9. The first kappa shape index (κ1) is 20.1. The molecule has 0 saturated heterocycles. The number of ether oxygens (including phenoxy) is 3. The van der Waals surface area contributed by atoms with Crippen LogP contribution in [0.3, 0.4) is 0 Å². The molecule has 4 rings (SSSR count). The van der Waals surface area contributed by atoms with Gasteiger partial charge in [-0.05, 0) is 55.0 Å². The van der Waals surface area contributed by atoms with Crippen LogP contribution in [-0.4, -0.2) is 24.4 Å². The molecule has 0 fully saturated rings. The number of hydrogen-bond acceptors (Lipinski definition) is 6. The predicted octanol–water partition coefficient (Wildman–Crippen LogP) is 4.65. The van der Waals surface area contributed by atoms with Gasteiger partial charge in [-0.15, -0.1) is 0 Å². The van der Waals surface area contributed by atoms with Crippen molar-refractivity contribution in [2.45, 2.75) is 6.92 Å². The monoisotopic (exact) mass is 413 g/mol. The van der Waals surface area contributed by atoms with E-state index in [1.54, 1.807) is 48.5 Å². The van der Waals surface area contributed by atoms with Crippen molar-refractivity contribution in [1.29, 1.82) is 0 Å². The molecule has 0 bridgehead atoms. The summed E-state index contributed by atoms with van der Waals surface area (Å²) >= 11 is 0. The average Bonchev–Trinajstić information content (AvgIpc) is 3.17. The van der Waals surface area contributed by atoms with E-state index in [-0.39, 0.29) is 11.6 Å². The Hall–Kier alpha value is -4.19. The molecule has 0 aromatic heterocycles. The molecule has 0 saturated carbocycles. The summed E-state index contributed by atoms with van der Waals surface area (Å²) in [5.74, 6) is -0.0732. The first-order valence-corrected chi connectivity index (χ1v) is 9.76. The van der Waals surface area contributed by atoms with Crippen LogP contribution in [0.2, 0.25) is 0 Å². The minimum Gasteiger partial charge on any atom is -0.490 e. The van der Waals surface area contributed by atoms with Gasteiger partial charge in [0.15, 0.2) is 17.2 Å². The van der Waals surface area contributed by atoms with Crippen molar-refractivity contribution in [2.24, 2.45) is 4.99 Å². The number of carbonyl (C=O) groups is 2. The number of esters is 2. The molecule has 3 aromatic rings. The summed E-state index contributed by atoms with van der Waals surface area (Å²) in [6, 6.07) is 22.9. The quantitative estimate of drug-likeness (QED) is 0.334. The van der Waals surface area contributed by atoms with E-state index in [9.17, 15) is 9.59 Å². The van der Waals surface area contributed by atoms with Crippen LogP contribution >= 0.6 is 0 Å². The van der Waals surface area contributed by atoms with Crippen LogP contribution in [0.25, 0.3) is 6.08 Å². The highest BCUT2D eigenvalue weighted by molar-refractivity contribution is 6.12. The fourth-order valence-corrected chi connectivity index (χ4v) is 2.97. The molecule has 0 N–H and O–H groups in total. The highest BCUT2D eigenvalue weighted by Crippen LogP contribution is 2.31. The molecule has 154 valence electrons. The van der Waals surface area contributed by atoms with E-state index in [1.165, 1.54) is 0 Å². The van der Waals surface area contributed by atoms with Gasteiger partial charge in [0.2, 0.25) is 5.90 Å². The minimum atomic E-state index is -0.531. The van der Waals surface area contributed by atoms with Gasteiger partial charge >= 0.3 is 11.9 Å². The molecular weight excluding hydrogens is 394 g/mol. The Morgan fingerprint density at radius 1 is 0.968 bits per heavy atom. The van der Waals surface area contributed by atoms with Crippen LogP contribution in [0.5, 0.6) is 11.5 Å². The van der Waals surface area contributed by atoms with Gasteiger partial charge in [0.1, 0.15) is 0 Å². The second-order valence-electron chi connectivity index (χ2n) is 6.60. The number of aliphatic imine (C=N–C) groups is 1. The van der Waals surface area contributed by atoms with Gasteiger partial charge < -0.3 is 14.2 Å². The molecule has 1 aliphatic heterocycles. The SMILES string of the molecule is CCOc1cc(/C=C2/N=C(c3ccccc3)OC2=O)ccc1OC(=O)c1ccccc1. The highest BCUT2D eigenvalue weighted by atomic mass is 16.6. The van der Waals surface area contributed by atoms with Crippen LogP contribution in [-0.2, 0) is 9.53 Å². The van der Waals surface area contributed by atoms with Crippen molar-refractivity contribution in [3.63, 3.8) is 0 Å². The molecule has 0 amide bonds. The summed E-state index contributed by atoms with van der Waals surface area (Å²) in [5, 5.41) is 0. The molecule has 31 heavy (non-hydrogen) atoms. The molecule has 1 aliphatic rings. The predicted molar refractivity (Wildman–Crippen MR) is 116 cm³/mol. The van der Waals surface area contributed by atoms with Gasteiger partial charge in [-0.3, -0.25) is 0 Å². The third-order valence-corrected chi connectivity index (χ3v) is 4.42. The number of nitrogens with zero attached hydrogens (tertiary/aromatic N) is 1. The van der Waals surface area contributed by atoms with E-state index in [0.29, 0.717) is 29.2 Å². The van der Waals surface area contributed by atoms with Gasteiger partial charge in [0.05, 0.1) is 12.2 Å². The molecule has 3 aromatic carbocycles. The molecule has 1 heterocycles. The first-order chi connectivity index (χ1) is 15.1. The molecule has 0 spiro atoms. The Morgan fingerprint density at radius 3 is 2.39 bits per heavy atom. The summed E-state index contributed by atoms with van der Waals surface area (Å²) < 4.78 is 16.4. The fourth-order valence-electron chi connectivity index (χ4n) is 2.97. The van der Waals surface area contributed by atoms with E-state index in [1.807, 2.05) is 43.3 Å². The Labute approximate surface area is 179 Å². The normalized spacial score (nSPS) is 14.2. The van der Waals surface area contributed by atoms with Crippen molar-refractivity contribution in [2.75, 3.05) is 6.61 Å². The summed E-state index contributed by atoms with van der Waals surface area (Å²) in [6.07, 6.45) is 1.60. The number of benzene rings is 3. The van der Waals surface area contributed by atoms with E-state index >= 15 is 0 Å². The fraction of sp³-hybridized carbons (Fsp3) is 0.0800. The standard InChI is InChI=1S/C25H19NO5/c1-2-29-22-16-17(13-14-21(22)30-24(27)19-11-7-4-8-12-19)15-20-25(28)31-23(26-20)18-9-5-3-6-10-18/h3-16H,2H2,1H3/b20-15+. The third kappa shape index (κ3) is 4.70. The maximum absolute atomic E-state index is 12.4. The van der Waals surface area contributed by atoms with Crippen molar-refractivity contribution in [1.82, 2.24) is 0 Å². The Kier molecular flexibility index (Phi) is 5.89. The molecular formula is C25H19NO5. The van der Waals surface area contributed by atoms with Crippen LogP contribution in [0, 0.1) is 0 Å². The Balaban J connectivity index is 1.59. The zero-order valence-corrected chi connectivity index (χ0v) is 16.8. The molecule has 0 aliphatic carbocycles. The lowest BCUT2D eigenvalue weighted by Crippen LogP contribution is -2.09. The molecule has 0 radical (unpaired) electrons. The summed E-state index contributed by atoms with van der Waals surface area (Å²) in [6.45, 7) is 2.22.